The van der Waals surface area contributed by atoms with Crippen LogP contribution in [0.1, 0.15) is 16.1 Å². The van der Waals surface area contributed by atoms with Gasteiger partial charge in [-0.1, -0.05) is 0 Å². The van der Waals surface area contributed by atoms with Gasteiger partial charge in [-0.05, 0) is 24.3 Å². The van der Waals surface area contributed by atoms with Crippen LogP contribution >= 0.6 is 0 Å². The lowest BCUT2D eigenvalue weighted by molar-refractivity contribution is 0.0692. The number of nitrogens with zero attached hydrogens (tertiary/aromatic N) is 2. The van der Waals surface area contributed by atoms with Crippen molar-refractivity contribution in [3.05, 3.63) is 47.5 Å². The Bertz CT molecular complexity index is 580. The van der Waals surface area contributed by atoms with Crippen molar-refractivity contribution in [2.75, 3.05) is 5.32 Å². The Morgan fingerprint density at radius 3 is 2.89 bits per heavy atom. The minimum atomic E-state index is -1.28. The Hall–Kier alpha value is -2.37. The maximum Gasteiger partial charge on any atom is 0.338 e. The number of carboxylic acid groups (broad SMARTS) is 1. The average molecular weight is 249 g/mol. The van der Waals surface area contributed by atoms with E-state index in [0.717, 1.165) is 11.8 Å². The quantitative estimate of drug-likeness (QED) is 0.868. The summed E-state index contributed by atoms with van der Waals surface area (Å²) < 4.78 is 14.9. The van der Waals surface area contributed by atoms with Gasteiger partial charge in [-0.3, -0.25) is 4.68 Å². The van der Waals surface area contributed by atoms with Crippen LogP contribution in [0.3, 0.4) is 0 Å². The third-order valence-corrected chi connectivity index (χ3v) is 2.59. The molecule has 0 fully saturated rings. The molecule has 0 aliphatic heterocycles. The molecule has 1 aromatic carbocycles. The van der Waals surface area contributed by atoms with Crippen LogP contribution in [0.2, 0.25) is 0 Å². The zero-order chi connectivity index (χ0) is 13.1. The van der Waals surface area contributed by atoms with Crippen LogP contribution in [0.25, 0.3) is 0 Å². The van der Waals surface area contributed by atoms with Crippen molar-refractivity contribution in [2.45, 2.75) is 6.54 Å². The number of anilines is 1. The second-order valence-corrected chi connectivity index (χ2v) is 3.80. The Labute approximate surface area is 103 Å². The fraction of sp³-hybridized carbons (Fsp3) is 0.167. The molecular weight excluding hydrogens is 237 g/mol. The van der Waals surface area contributed by atoms with Gasteiger partial charge in [0.15, 0.2) is 0 Å². The van der Waals surface area contributed by atoms with Crippen molar-refractivity contribution in [2.24, 2.45) is 7.05 Å². The predicted octanol–water partition coefficient (Wildman–Crippen LogP) is 1.87. The fourth-order valence-electron chi connectivity index (χ4n) is 1.57. The van der Waals surface area contributed by atoms with Gasteiger partial charge < -0.3 is 10.4 Å². The first-order chi connectivity index (χ1) is 8.58. The highest BCUT2D eigenvalue weighted by Gasteiger charge is 2.10. The number of halogens is 1. The van der Waals surface area contributed by atoms with Crippen molar-refractivity contribution in [1.82, 2.24) is 9.78 Å². The van der Waals surface area contributed by atoms with Crippen LogP contribution in [0.15, 0.2) is 30.5 Å². The van der Waals surface area contributed by atoms with Crippen molar-refractivity contribution in [3.8, 4) is 0 Å². The van der Waals surface area contributed by atoms with Gasteiger partial charge in [-0.15, -0.1) is 0 Å². The van der Waals surface area contributed by atoms with Crippen LogP contribution in [-0.4, -0.2) is 20.9 Å². The van der Waals surface area contributed by atoms with Crippen molar-refractivity contribution in [1.29, 1.82) is 0 Å². The normalized spacial score (nSPS) is 10.3. The molecule has 0 unspecified atom stereocenters. The van der Waals surface area contributed by atoms with Gasteiger partial charge in [0.2, 0.25) is 0 Å². The number of aromatic nitrogens is 2. The highest BCUT2D eigenvalue weighted by Crippen LogP contribution is 2.15. The summed E-state index contributed by atoms with van der Waals surface area (Å²) in [7, 11) is 1.81. The lowest BCUT2D eigenvalue weighted by Crippen LogP contribution is -2.07. The summed E-state index contributed by atoms with van der Waals surface area (Å²) in [6, 6.07) is 5.75. The first kappa shape index (κ1) is 12.1. The first-order valence-electron chi connectivity index (χ1n) is 5.31. The highest BCUT2D eigenvalue weighted by atomic mass is 19.1. The average Bonchev–Trinajstić information content (AvgIpc) is 2.73. The summed E-state index contributed by atoms with van der Waals surface area (Å²) in [4.78, 5) is 10.8. The van der Waals surface area contributed by atoms with E-state index in [2.05, 4.69) is 10.4 Å². The number of carboxylic acids is 1. The summed E-state index contributed by atoms with van der Waals surface area (Å²) in [5, 5.41) is 15.8. The number of aromatic carboxylic acids is 1. The third kappa shape index (κ3) is 2.48. The maximum absolute atomic E-state index is 13.2. The standard InChI is InChI=1S/C12H12FN3O2/c1-16-9(4-5-15-16)7-14-8-2-3-11(13)10(6-8)12(17)18/h2-6,14H,7H2,1H3,(H,17,18). The number of hydrogen-bond donors (Lipinski definition) is 2. The summed E-state index contributed by atoms with van der Waals surface area (Å²) >= 11 is 0. The maximum atomic E-state index is 13.2. The largest absolute Gasteiger partial charge is 0.478 e. The summed E-state index contributed by atoms with van der Waals surface area (Å²) in [6.45, 7) is 0.487. The molecule has 0 atom stereocenters. The number of hydrogen-bond acceptors (Lipinski definition) is 3. The monoisotopic (exact) mass is 249 g/mol. The summed E-state index contributed by atoms with van der Waals surface area (Å²) in [6.07, 6.45) is 1.67. The molecule has 0 radical (unpaired) electrons. The molecular formula is C12H12FN3O2. The van der Waals surface area contributed by atoms with E-state index in [4.69, 9.17) is 5.11 Å². The van der Waals surface area contributed by atoms with Crippen LogP contribution in [0.5, 0.6) is 0 Å². The Kier molecular flexibility index (Phi) is 3.27. The Morgan fingerprint density at radius 1 is 1.50 bits per heavy atom. The van der Waals surface area contributed by atoms with Gasteiger partial charge >= 0.3 is 5.97 Å². The molecule has 0 aliphatic carbocycles. The highest BCUT2D eigenvalue weighted by molar-refractivity contribution is 5.89. The molecule has 94 valence electrons. The zero-order valence-electron chi connectivity index (χ0n) is 9.72. The molecule has 18 heavy (non-hydrogen) atoms. The SMILES string of the molecule is Cn1nccc1CNc1ccc(F)c(C(=O)O)c1. The van der Waals surface area contributed by atoms with Crippen LogP contribution in [0.4, 0.5) is 10.1 Å². The molecule has 0 aliphatic rings. The molecule has 2 N–H and O–H groups in total. The molecule has 0 spiro atoms. The number of carbonyl (C=O) groups is 1. The van der Waals surface area contributed by atoms with Gasteiger partial charge in [-0.25, -0.2) is 9.18 Å². The van der Waals surface area contributed by atoms with Gasteiger partial charge in [0, 0.05) is 18.9 Å². The van der Waals surface area contributed by atoms with Crippen molar-refractivity contribution >= 4 is 11.7 Å². The second-order valence-electron chi connectivity index (χ2n) is 3.80. The molecule has 0 bridgehead atoms. The molecule has 0 saturated heterocycles. The molecule has 2 aromatic rings. The molecule has 6 heteroatoms. The molecule has 5 nitrogen and oxygen atoms in total. The van der Waals surface area contributed by atoms with E-state index in [1.807, 2.05) is 13.1 Å². The van der Waals surface area contributed by atoms with E-state index in [1.165, 1.54) is 12.1 Å². The van der Waals surface area contributed by atoms with E-state index in [0.29, 0.717) is 12.2 Å². The van der Waals surface area contributed by atoms with Gasteiger partial charge in [0.1, 0.15) is 5.82 Å². The number of aryl methyl sites for hydroxylation is 1. The first-order valence-corrected chi connectivity index (χ1v) is 5.31. The van der Waals surface area contributed by atoms with Crippen molar-refractivity contribution < 1.29 is 14.3 Å². The Morgan fingerprint density at radius 2 is 2.28 bits per heavy atom. The van der Waals surface area contributed by atoms with E-state index >= 15 is 0 Å². The van der Waals surface area contributed by atoms with Crippen LogP contribution in [-0.2, 0) is 13.6 Å². The zero-order valence-corrected chi connectivity index (χ0v) is 9.72. The molecule has 1 aromatic heterocycles. The van der Waals surface area contributed by atoms with E-state index in [9.17, 15) is 9.18 Å². The minimum absolute atomic E-state index is 0.343. The minimum Gasteiger partial charge on any atom is -0.478 e. The van der Waals surface area contributed by atoms with Gasteiger partial charge in [0.25, 0.3) is 0 Å². The molecule has 0 saturated carbocycles. The number of benzene rings is 1. The molecule has 0 amide bonds. The van der Waals surface area contributed by atoms with Gasteiger partial charge in [-0.2, -0.15) is 5.10 Å². The fourth-order valence-corrected chi connectivity index (χ4v) is 1.57. The summed E-state index contributed by atoms with van der Waals surface area (Å²) in [5.74, 6) is -2.02. The lowest BCUT2D eigenvalue weighted by Gasteiger charge is -2.08. The van der Waals surface area contributed by atoms with E-state index in [-0.39, 0.29) is 5.56 Å². The smallest absolute Gasteiger partial charge is 0.338 e. The Balaban J connectivity index is 2.13. The van der Waals surface area contributed by atoms with Crippen LogP contribution in [0, 0.1) is 5.82 Å². The molecule has 2 rings (SSSR count). The number of rotatable bonds is 4. The third-order valence-electron chi connectivity index (χ3n) is 2.59. The van der Waals surface area contributed by atoms with E-state index in [1.54, 1.807) is 10.9 Å². The van der Waals surface area contributed by atoms with Crippen LogP contribution < -0.4 is 5.32 Å². The summed E-state index contributed by atoms with van der Waals surface area (Å²) in [5.41, 5.74) is 1.15. The second kappa shape index (κ2) is 4.87. The van der Waals surface area contributed by atoms with Gasteiger partial charge in [0.05, 0.1) is 17.8 Å². The predicted molar refractivity (Wildman–Crippen MR) is 63.9 cm³/mol. The van der Waals surface area contributed by atoms with E-state index < -0.39 is 11.8 Å². The van der Waals surface area contributed by atoms with Crippen molar-refractivity contribution in [3.63, 3.8) is 0 Å². The number of nitrogens with one attached hydrogen (secondary N) is 1. The molecule has 1 heterocycles. The lowest BCUT2D eigenvalue weighted by atomic mass is 10.2. The topological polar surface area (TPSA) is 67.2 Å².